The average Bonchev–Trinajstić information content (AvgIpc) is 3.47. The van der Waals surface area contributed by atoms with Gasteiger partial charge in [0.25, 0.3) is 0 Å². The number of quaternary nitrogens is 1. The average molecular weight is 1230 g/mol. The molecule has 9 nitrogen and oxygen atoms in total. The molecular weight excluding hydrogens is 1070 g/mol. The molecule has 0 rings (SSSR count). The summed E-state index contributed by atoms with van der Waals surface area (Å²) in [6, 6.07) is 0. The fourth-order valence-electron chi connectivity index (χ4n) is 12.0. The molecule has 0 fully saturated rings. The number of phosphoric ester groups is 1. The molecule has 0 saturated heterocycles. The predicted molar refractivity (Wildman–Crippen MR) is 368 cm³/mol. The van der Waals surface area contributed by atoms with Crippen molar-refractivity contribution in [2.24, 2.45) is 0 Å². The minimum atomic E-state index is -4.39. The molecule has 0 spiro atoms. The maximum atomic E-state index is 12.9. The Balaban J connectivity index is 3.87. The third kappa shape index (κ3) is 72.0. The Labute approximate surface area is 531 Å². The van der Waals surface area contributed by atoms with Crippen LogP contribution in [0.15, 0.2) is 0 Å². The zero-order chi connectivity index (χ0) is 61.9. The Morgan fingerprint density at radius 1 is 0.318 bits per heavy atom. The van der Waals surface area contributed by atoms with Crippen molar-refractivity contribution in [1.29, 1.82) is 0 Å². The number of rotatable bonds is 73. The van der Waals surface area contributed by atoms with Gasteiger partial charge in [0.1, 0.15) is 19.8 Å². The van der Waals surface area contributed by atoms with Gasteiger partial charge < -0.3 is 18.9 Å². The van der Waals surface area contributed by atoms with Crippen molar-refractivity contribution in [3.05, 3.63) is 0 Å². The molecule has 508 valence electrons. The molecule has 0 aliphatic heterocycles. The number of hydrogen-bond acceptors (Lipinski definition) is 7. The summed E-state index contributed by atoms with van der Waals surface area (Å²) in [5, 5.41) is 0. The molecule has 2 atom stereocenters. The smallest absolute Gasteiger partial charge is 0.462 e. The summed E-state index contributed by atoms with van der Waals surface area (Å²) in [6.45, 7) is 4.54. The van der Waals surface area contributed by atoms with Gasteiger partial charge >= 0.3 is 19.8 Å². The summed E-state index contributed by atoms with van der Waals surface area (Å²) in [6.07, 6.45) is 82.5. The molecule has 1 N–H and O–H groups in total. The van der Waals surface area contributed by atoms with Crippen molar-refractivity contribution in [3.63, 3.8) is 0 Å². The minimum Gasteiger partial charge on any atom is -0.462 e. The van der Waals surface area contributed by atoms with Gasteiger partial charge in [-0.15, -0.1) is 0 Å². The molecule has 2 unspecified atom stereocenters. The van der Waals surface area contributed by atoms with Gasteiger partial charge in [-0.2, -0.15) is 0 Å². The van der Waals surface area contributed by atoms with Gasteiger partial charge in [-0.1, -0.05) is 393 Å². The summed E-state index contributed by atoms with van der Waals surface area (Å²) in [5.41, 5.74) is 0. The van der Waals surface area contributed by atoms with E-state index in [0.717, 1.165) is 38.5 Å². The van der Waals surface area contributed by atoms with Crippen LogP contribution in [0.2, 0.25) is 0 Å². The monoisotopic (exact) mass is 1230 g/mol. The van der Waals surface area contributed by atoms with E-state index in [1.807, 2.05) is 21.1 Å². The van der Waals surface area contributed by atoms with Crippen molar-refractivity contribution in [3.8, 4) is 0 Å². The molecule has 0 aromatic heterocycles. The standard InChI is InChI=1S/C75H150NO8P/c1-6-8-10-12-14-16-18-20-22-24-26-28-30-31-32-33-34-35-36-37-38-39-40-41-42-43-44-46-48-50-52-54-56-58-60-62-64-66-68-75(78)84-73(72-83-85(79,80)82-70-69-76(3,4)5)71-81-74(77)67-65-63-61-59-57-55-53-51-49-47-45-29-27-25-23-21-19-17-15-13-11-9-7-2/h73H,6-72H2,1-5H3/p+1. The van der Waals surface area contributed by atoms with E-state index in [0.29, 0.717) is 17.4 Å². The number of esters is 2. The number of carbonyl (C=O) groups excluding carboxylic acids is 2. The van der Waals surface area contributed by atoms with Crippen LogP contribution in [-0.2, 0) is 32.7 Å². The second-order valence-electron chi connectivity index (χ2n) is 27.8. The van der Waals surface area contributed by atoms with Crippen molar-refractivity contribution in [2.75, 3.05) is 47.5 Å². The first-order valence-electron chi connectivity index (χ1n) is 38.3. The highest BCUT2D eigenvalue weighted by Gasteiger charge is 2.27. The van der Waals surface area contributed by atoms with Crippen LogP contribution in [0.5, 0.6) is 0 Å². The zero-order valence-electron chi connectivity index (χ0n) is 58.2. The second kappa shape index (κ2) is 67.4. The molecule has 0 aromatic rings. The van der Waals surface area contributed by atoms with Crippen molar-refractivity contribution in [1.82, 2.24) is 0 Å². The highest BCUT2D eigenvalue weighted by Crippen LogP contribution is 2.43. The molecule has 0 amide bonds. The lowest BCUT2D eigenvalue weighted by Gasteiger charge is -2.24. The van der Waals surface area contributed by atoms with Gasteiger partial charge in [0.05, 0.1) is 27.7 Å². The number of likely N-dealkylation sites (N-methyl/N-ethyl adjacent to an activating group) is 1. The van der Waals surface area contributed by atoms with Crippen LogP contribution in [0, 0.1) is 0 Å². The quantitative estimate of drug-likeness (QED) is 0.0278. The first-order valence-corrected chi connectivity index (χ1v) is 39.8. The molecule has 0 heterocycles. The third-order valence-electron chi connectivity index (χ3n) is 17.9. The fraction of sp³-hybridized carbons (Fsp3) is 0.973. The van der Waals surface area contributed by atoms with E-state index in [1.165, 1.54) is 353 Å². The van der Waals surface area contributed by atoms with Crippen LogP contribution in [0.1, 0.15) is 418 Å². The van der Waals surface area contributed by atoms with E-state index in [4.69, 9.17) is 18.5 Å². The Morgan fingerprint density at radius 2 is 0.529 bits per heavy atom. The Hall–Kier alpha value is -0.990. The number of unbranched alkanes of at least 4 members (excludes halogenated alkanes) is 59. The molecule has 0 aliphatic carbocycles. The number of hydrogen-bond donors (Lipinski definition) is 1. The van der Waals surface area contributed by atoms with Gasteiger partial charge in [0.2, 0.25) is 0 Å². The lowest BCUT2D eigenvalue weighted by molar-refractivity contribution is -0.870. The van der Waals surface area contributed by atoms with E-state index in [2.05, 4.69) is 13.8 Å². The molecule has 0 aromatic carbocycles. The van der Waals surface area contributed by atoms with Crippen molar-refractivity contribution < 1.29 is 42.1 Å². The molecule has 85 heavy (non-hydrogen) atoms. The lowest BCUT2D eigenvalue weighted by atomic mass is 10.0. The topological polar surface area (TPSA) is 108 Å². The van der Waals surface area contributed by atoms with E-state index < -0.39 is 26.5 Å². The second-order valence-corrected chi connectivity index (χ2v) is 29.2. The summed E-state index contributed by atoms with van der Waals surface area (Å²) >= 11 is 0. The van der Waals surface area contributed by atoms with Gasteiger partial charge in [-0.25, -0.2) is 4.57 Å². The molecule has 0 aliphatic rings. The summed E-state index contributed by atoms with van der Waals surface area (Å²) in [4.78, 5) is 35.9. The Bertz CT molecular complexity index is 1390. The van der Waals surface area contributed by atoms with Gasteiger partial charge in [0, 0.05) is 12.8 Å². The summed E-state index contributed by atoms with van der Waals surface area (Å²) < 4.78 is 34.8. The molecular formula is C75H151NO8P+. The van der Waals surface area contributed by atoms with Gasteiger partial charge in [-0.05, 0) is 12.8 Å². The van der Waals surface area contributed by atoms with Crippen LogP contribution < -0.4 is 0 Å². The van der Waals surface area contributed by atoms with E-state index in [9.17, 15) is 19.0 Å². The van der Waals surface area contributed by atoms with E-state index >= 15 is 0 Å². The van der Waals surface area contributed by atoms with E-state index in [-0.39, 0.29) is 25.6 Å². The Morgan fingerprint density at radius 3 is 0.753 bits per heavy atom. The van der Waals surface area contributed by atoms with Crippen LogP contribution in [0.3, 0.4) is 0 Å². The Kier molecular flexibility index (Phi) is 66.6. The first kappa shape index (κ1) is 84.0. The first-order chi connectivity index (χ1) is 41.5. The number of ether oxygens (including phenoxy) is 2. The van der Waals surface area contributed by atoms with Crippen LogP contribution in [0.25, 0.3) is 0 Å². The summed E-state index contributed by atoms with van der Waals surface area (Å²) in [5.74, 6) is -0.766. The predicted octanol–water partition coefficient (Wildman–Crippen LogP) is 24.9. The normalized spacial score (nSPS) is 13.0. The molecule has 0 bridgehead atoms. The third-order valence-corrected chi connectivity index (χ3v) is 18.9. The highest BCUT2D eigenvalue weighted by molar-refractivity contribution is 7.47. The maximum Gasteiger partial charge on any atom is 0.472 e. The number of carbonyl (C=O) groups is 2. The van der Waals surface area contributed by atoms with Crippen molar-refractivity contribution >= 4 is 19.8 Å². The fourth-order valence-corrected chi connectivity index (χ4v) is 12.8. The number of nitrogens with zero attached hydrogens (tertiary/aromatic N) is 1. The largest absolute Gasteiger partial charge is 0.472 e. The summed E-state index contributed by atoms with van der Waals surface area (Å²) in [7, 11) is 1.51. The molecule has 0 radical (unpaired) electrons. The SMILES string of the molecule is CCCCCCCCCCCCCCCCCCCCCCCCCCCCCCCCCCCCCCCCC(=O)OC(COC(=O)CCCCCCCCCCCCCCCCCCCCCCCCC)COP(=O)(O)OCC[N+](C)(C)C. The van der Waals surface area contributed by atoms with Crippen LogP contribution >= 0.6 is 7.82 Å². The maximum absolute atomic E-state index is 12.9. The van der Waals surface area contributed by atoms with Gasteiger partial charge in [-0.3, -0.25) is 18.6 Å². The number of phosphoric acid groups is 1. The van der Waals surface area contributed by atoms with Crippen LogP contribution in [-0.4, -0.2) is 74.9 Å². The van der Waals surface area contributed by atoms with Gasteiger partial charge in [0.15, 0.2) is 6.10 Å². The molecule has 10 heteroatoms. The lowest BCUT2D eigenvalue weighted by Crippen LogP contribution is -2.37. The van der Waals surface area contributed by atoms with Crippen molar-refractivity contribution in [2.45, 2.75) is 424 Å². The highest BCUT2D eigenvalue weighted by atomic mass is 31.2. The van der Waals surface area contributed by atoms with E-state index in [1.54, 1.807) is 0 Å². The molecule has 0 saturated carbocycles. The zero-order valence-corrected chi connectivity index (χ0v) is 59.0. The van der Waals surface area contributed by atoms with Crippen LogP contribution in [0.4, 0.5) is 0 Å². The minimum absolute atomic E-state index is 0.0378.